The molecule has 5 fully saturated rings. The molecule has 16 rings (SSSR count). The second-order valence-corrected chi connectivity index (χ2v) is 18.5. The van der Waals surface area contributed by atoms with Crippen LogP contribution in [0, 0.1) is 29.1 Å². The Morgan fingerprint density at radius 2 is 1.26 bits per heavy atom. The van der Waals surface area contributed by atoms with E-state index in [2.05, 4.69) is 59.3 Å². The lowest BCUT2D eigenvalue weighted by molar-refractivity contribution is 0.00321. The van der Waals surface area contributed by atoms with Crippen molar-refractivity contribution >= 4 is 70.4 Å². The van der Waals surface area contributed by atoms with Crippen LogP contribution in [0.1, 0.15) is 110 Å². The molecule has 4 nitrogen and oxygen atoms in total. The number of nitrogens with zero attached hydrogens (tertiary/aromatic N) is 3. The van der Waals surface area contributed by atoms with Crippen LogP contribution in [-0.2, 0) is 0 Å². The van der Waals surface area contributed by atoms with Crippen LogP contribution in [0.2, 0.25) is 0 Å². The molecule has 7 atom stereocenters. The van der Waals surface area contributed by atoms with E-state index in [4.69, 9.17) is 9.97 Å². The van der Waals surface area contributed by atoms with Gasteiger partial charge in [-0.3, -0.25) is 14.8 Å². The molecule has 4 aromatic heterocycles. The van der Waals surface area contributed by atoms with Crippen LogP contribution in [0.4, 0.5) is 0 Å². The van der Waals surface area contributed by atoms with Gasteiger partial charge in [-0.15, -0.1) is 0 Å². The summed E-state index contributed by atoms with van der Waals surface area (Å²) in [5.74, 6) is 5.76. The summed E-state index contributed by atoms with van der Waals surface area (Å²) in [5.41, 5.74) is 10.4. The van der Waals surface area contributed by atoms with E-state index in [-0.39, 0.29) is 5.43 Å². The molecule has 0 radical (unpaired) electrons. The number of rotatable bonds is 0. The summed E-state index contributed by atoms with van der Waals surface area (Å²) < 4.78 is 2.55. The number of benzene rings is 4. The predicted octanol–water partition coefficient (Wildman–Crippen LogP) is 10.7. The molecular weight excluding hydrogens is 611 g/mol. The van der Waals surface area contributed by atoms with E-state index in [1.165, 1.54) is 125 Å². The highest BCUT2D eigenvalue weighted by Crippen LogP contribution is 2.76. The minimum atomic E-state index is 0.197. The fraction of sp³-hybridized carbons (Fsp3) is 0.413. The Labute approximate surface area is 288 Å². The van der Waals surface area contributed by atoms with Crippen LogP contribution >= 0.6 is 0 Å². The average Bonchev–Trinajstić information content (AvgIpc) is 3.77. The molecule has 4 heterocycles. The van der Waals surface area contributed by atoms with Crippen molar-refractivity contribution in [3.8, 4) is 0 Å². The van der Waals surface area contributed by atoms with E-state index in [0.717, 1.165) is 50.6 Å². The Kier molecular flexibility index (Phi) is 4.06. The number of hydrogen-bond acceptors (Lipinski definition) is 3. The normalized spacial score (nSPS) is 34.6. The van der Waals surface area contributed by atoms with Crippen LogP contribution in [-0.4, -0.2) is 14.4 Å². The Morgan fingerprint density at radius 1 is 0.580 bits per heavy atom. The van der Waals surface area contributed by atoms with Gasteiger partial charge in [0.05, 0.1) is 28.9 Å². The van der Waals surface area contributed by atoms with Crippen molar-refractivity contribution in [1.29, 1.82) is 0 Å². The Hall–Kier alpha value is -4.31. The zero-order chi connectivity index (χ0) is 31.9. The lowest BCUT2D eigenvalue weighted by Crippen LogP contribution is -2.41. The second-order valence-electron chi connectivity index (χ2n) is 18.5. The van der Waals surface area contributed by atoms with Crippen LogP contribution in [0.3, 0.4) is 0 Å². The molecule has 8 aliphatic rings. The lowest BCUT2D eigenvalue weighted by atomic mass is 9.56. The first kappa shape index (κ1) is 25.6. The topological polar surface area (TPSA) is 47.3 Å². The van der Waals surface area contributed by atoms with Gasteiger partial charge in [0.15, 0.2) is 5.43 Å². The summed E-state index contributed by atoms with van der Waals surface area (Å²) >= 11 is 0. The molecule has 0 aliphatic heterocycles. The van der Waals surface area contributed by atoms with Gasteiger partial charge < -0.3 is 4.40 Å². The smallest absolute Gasteiger partial charge is 0.195 e. The molecule has 8 aliphatic carbocycles. The van der Waals surface area contributed by atoms with Gasteiger partial charge in [-0.2, -0.15) is 0 Å². The van der Waals surface area contributed by atoms with Crippen molar-refractivity contribution in [3.63, 3.8) is 0 Å². The Morgan fingerprint density at radius 3 is 2.08 bits per heavy atom. The van der Waals surface area contributed by atoms with Crippen molar-refractivity contribution in [2.45, 2.75) is 87.9 Å². The molecular formula is C46H37N3O. The molecule has 4 aromatic carbocycles. The maximum absolute atomic E-state index is 15.2. The molecule has 0 N–H and O–H groups in total. The zero-order valence-electron chi connectivity index (χ0n) is 28.1. The summed E-state index contributed by atoms with van der Waals surface area (Å²) in [7, 11) is 0. The molecule has 242 valence electrons. The van der Waals surface area contributed by atoms with Gasteiger partial charge in [0, 0.05) is 60.9 Å². The molecule has 7 unspecified atom stereocenters. The van der Waals surface area contributed by atoms with Gasteiger partial charge in [-0.1, -0.05) is 36.4 Å². The van der Waals surface area contributed by atoms with Crippen molar-refractivity contribution in [2.75, 3.05) is 0 Å². The fourth-order valence-corrected chi connectivity index (χ4v) is 15.4. The molecule has 0 saturated heterocycles. The highest BCUT2D eigenvalue weighted by atomic mass is 16.1. The first-order chi connectivity index (χ1) is 24.6. The van der Waals surface area contributed by atoms with Gasteiger partial charge in [0.2, 0.25) is 0 Å². The SMILES string of the molecule is O=c1c2cccc3cccc(c4cc5c6c7c(ncc6n6c8cnc9c(c8c(c14)c56)C1CC4CC(CC9C4)C1)C1CC4CC5CC7CC45C1)c32. The third-order valence-corrected chi connectivity index (χ3v) is 16.8. The van der Waals surface area contributed by atoms with Crippen LogP contribution in [0.15, 0.2) is 59.7 Å². The molecule has 0 amide bonds. The van der Waals surface area contributed by atoms with Gasteiger partial charge in [0.25, 0.3) is 0 Å². The number of pyridine rings is 2. The summed E-state index contributed by atoms with van der Waals surface area (Å²) in [5, 5.41) is 11.8. The number of hydrogen-bond donors (Lipinski definition) is 0. The predicted molar refractivity (Wildman–Crippen MR) is 200 cm³/mol. The van der Waals surface area contributed by atoms with E-state index in [9.17, 15) is 0 Å². The van der Waals surface area contributed by atoms with Crippen LogP contribution in [0.5, 0.6) is 0 Å². The van der Waals surface area contributed by atoms with E-state index in [1.54, 1.807) is 5.56 Å². The third kappa shape index (κ3) is 2.58. The van der Waals surface area contributed by atoms with Gasteiger partial charge in [0.1, 0.15) is 0 Å². The first-order valence-electron chi connectivity index (χ1n) is 19.8. The lowest BCUT2D eigenvalue weighted by Gasteiger charge is -2.48. The number of aromatic nitrogens is 3. The van der Waals surface area contributed by atoms with Gasteiger partial charge >= 0.3 is 0 Å². The minimum Gasteiger partial charge on any atom is -0.305 e. The molecule has 4 heteroatoms. The number of fused-ring (bicyclic) bond motifs is 15. The Bertz CT molecular complexity index is 2970. The van der Waals surface area contributed by atoms with Gasteiger partial charge in [-0.05, 0) is 138 Å². The average molecular weight is 648 g/mol. The molecule has 5 saturated carbocycles. The maximum Gasteiger partial charge on any atom is 0.195 e. The minimum absolute atomic E-state index is 0.197. The summed E-state index contributed by atoms with van der Waals surface area (Å²) in [4.78, 5) is 26.1. The standard InChI is InChI=1S/C46H37N3O/c50-45-30-6-2-4-22-3-1-5-29(35(22)30)31-15-32-38-33(18-48-43-26-13-28-14-27-12-25(37(38)43)16-46(27,28)17-26)49-34-19-47-42-24-10-20-7-21(11-24)9-23(8-20)36(42)40(34)41(39(31)45)44(32)49/h1-6,15,18-21,23-28H,7-14,16-17H2. The summed E-state index contributed by atoms with van der Waals surface area (Å²) in [6, 6.07) is 15.5. The van der Waals surface area contributed by atoms with E-state index in [1.807, 2.05) is 0 Å². The van der Waals surface area contributed by atoms with E-state index in [0.29, 0.717) is 29.1 Å². The van der Waals surface area contributed by atoms with Crippen molar-refractivity contribution in [3.05, 3.63) is 87.6 Å². The second kappa shape index (κ2) is 7.93. The van der Waals surface area contributed by atoms with Crippen molar-refractivity contribution in [2.24, 2.45) is 29.1 Å². The van der Waals surface area contributed by atoms with Crippen LogP contribution < -0.4 is 5.43 Å². The summed E-state index contributed by atoms with van der Waals surface area (Å²) in [6.07, 6.45) is 17.9. The third-order valence-electron chi connectivity index (χ3n) is 16.8. The van der Waals surface area contributed by atoms with Crippen LogP contribution in [0.25, 0.3) is 70.4 Å². The monoisotopic (exact) mass is 647 g/mol. The maximum atomic E-state index is 15.2. The highest BCUT2D eigenvalue weighted by molar-refractivity contribution is 6.36. The molecule has 50 heavy (non-hydrogen) atoms. The van der Waals surface area contributed by atoms with E-state index < -0.39 is 0 Å². The van der Waals surface area contributed by atoms with Gasteiger partial charge in [-0.25, -0.2) is 0 Å². The van der Waals surface area contributed by atoms with E-state index >= 15 is 4.79 Å². The molecule has 1 spiro atoms. The molecule has 8 aromatic rings. The summed E-state index contributed by atoms with van der Waals surface area (Å²) in [6.45, 7) is 0. The van der Waals surface area contributed by atoms with Crippen molar-refractivity contribution < 1.29 is 0 Å². The largest absolute Gasteiger partial charge is 0.305 e. The quantitative estimate of drug-likeness (QED) is 0.122. The molecule has 7 bridgehead atoms. The zero-order valence-corrected chi connectivity index (χ0v) is 28.1. The Balaban J connectivity index is 1.20. The first-order valence-corrected chi connectivity index (χ1v) is 19.8. The van der Waals surface area contributed by atoms with Crippen molar-refractivity contribution in [1.82, 2.24) is 14.4 Å². The highest BCUT2D eigenvalue weighted by Gasteiger charge is 2.66. The fourth-order valence-electron chi connectivity index (χ4n) is 15.4.